The molecule has 1 heterocycles. The fraction of sp³-hybridized carbons (Fsp3) is 0.107. The predicted octanol–water partition coefficient (Wildman–Crippen LogP) is 5.55. The number of fused-ring (bicyclic) bond motifs is 2. The first kappa shape index (κ1) is 20.6. The molecule has 33 heavy (non-hydrogen) atoms. The number of rotatable bonds is 5. The Bertz CT molecular complexity index is 1540. The number of hydrogen-bond donors (Lipinski definition) is 1. The summed E-state index contributed by atoms with van der Waals surface area (Å²) in [6, 6.07) is 29.3. The molecule has 0 unspecified atom stereocenters. The molecule has 4 aromatic carbocycles. The van der Waals surface area contributed by atoms with E-state index in [1.165, 1.54) is 4.68 Å². The van der Waals surface area contributed by atoms with Gasteiger partial charge in [0.05, 0.1) is 17.6 Å². The van der Waals surface area contributed by atoms with Crippen molar-refractivity contribution in [1.29, 1.82) is 0 Å². The number of nitrogens with zero attached hydrogens (tertiary/aromatic N) is 2. The Kier molecular flexibility index (Phi) is 5.45. The first-order valence-corrected chi connectivity index (χ1v) is 10.9. The lowest BCUT2D eigenvalue weighted by Crippen LogP contribution is -2.26. The van der Waals surface area contributed by atoms with E-state index in [-0.39, 0.29) is 24.4 Å². The SMILES string of the molecule is Cc1ccc(-c2nn(CCC(=O)Nc3ccc4ccccc4c3)c(=O)c3ccccc23)cc1. The highest BCUT2D eigenvalue weighted by molar-refractivity contribution is 5.95. The molecule has 0 aliphatic carbocycles. The van der Waals surface area contributed by atoms with Crippen LogP contribution in [0, 0.1) is 6.92 Å². The number of hydrogen-bond acceptors (Lipinski definition) is 3. The van der Waals surface area contributed by atoms with Gasteiger partial charge in [-0.05, 0) is 35.9 Å². The average molecular weight is 434 g/mol. The van der Waals surface area contributed by atoms with Crippen molar-refractivity contribution in [2.45, 2.75) is 19.9 Å². The molecule has 0 aliphatic rings. The lowest BCUT2D eigenvalue weighted by molar-refractivity contribution is -0.116. The topological polar surface area (TPSA) is 64.0 Å². The molecule has 0 fully saturated rings. The molecular formula is C28H23N3O2. The molecule has 0 radical (unpaired) electrons. The van der Waals surface area contributed by atoms with Crippen molar-refractivity contribution in [3.63, 3.8) is 0 Å². The highest BCUT2D eigenvalue weighted by Crippen LogP contribution is 2.25. The number of carbonyl (C=O) groups is 1. The zero-order valence-electron chi connectivity index (χ0n) is 18.3. The summed E-state index contributed by atoms with van der Waals surface area (Å²) in [5.41, 5.74) is 3.37. The van der Waals surface area contributed by atoms with E-state index in [2.05, 4.69) is 10.4 Å². The van der Waals surface area contributed by atoms with Crippen LogP contribution in [0.5, 0.6) is 0 Å². The van der Waals surface area contributed by atoms with E-state index in [1.807, 2.05) is 97.9 Å². The summed E-state index contributed by atoms with van der Waals surface area (Å²) in [5, 5.41) is 11.2. The van der Waals surface area contributed by atoms with Gasteiger partial charge in [-0.2, -0.15) is 5.10 Å². The van der Waals surface area contributed by atoms with Gasteiger partial charge in [0.2, 0.25) is 5.91 Å². The Balaban J connectivity index is 1.41. The van der Waals surface area contributed by atoms with Crippen molar-refractivity contribution < 1.29 is 4.79 Å². The second-order valence-electron chi connectivity index (χ2n) is 8.15. The molecular weight excluding hydrogens is 410 g/mol. The number of aryl methyl sites for hydroxylation is 2. The molecule has 0 saturated carbocycles. The highest BCUT2D eigenvalue weighted by Gasteiger charge is 2.13. The molecule has 0 aliphatic heterocycles. The summed E-state index contributed by atoms with van der Waals surface area (Å²) < 4.78 is 1.40. The van der Waals surface area contributed by atoms with Gasteiger partial charge < -0.3 is 5.32 Å². The third-order valence-corrected chi connectivity index (χ3v) is 5.78. The fourth-order valence-electron chi connectivity index (χ4n) is 4.01. The Morgan fingerprint density at radius 3 is 2.33 bits per heavy atom. The Hall–Kier alpha value is -4.25. The second-order valence-corrected chi connectivity index (χ2v) is 8.15. The molecule has 5 nitrogen and oxygen atoms in total. The van der Waals surface area contributed by atoms with E-state index in [4.69, 9.17) is 0 Å². The van der Waals surface area contributed by atoms with Gasteiger partial charge >= 0.3 is 0 Å². The van der Waals surface area contributed by atoms with E-state index >= 15 is 0 Å². The lowest BCUT2D eigenvalue weighted by atomic mass is 10.0. The smallest absolute Gasteiger partial charge is 0.274 e. The van der Waals surface area contributed by atoms with Crippen LogP contribution in [0.1, 0.15) is 12.0 Å². The van der Waals surface area contributed by atoms with Crippen molar-refractivity contribution in [3.05, 3.63) is 107 Å². The molecule has 5 rings (SSSR count). The minimum atomic E-state index is -0.194. The maximum absolute atomic E-state index is 13.1. The molecule has 1 aromatic heterocycles. The molecule has 0 bridgehead atoms. The number of nitrogens with one attached hydrogen (secondary N) is 1. The van der Waals surface area contributed by atoms with Gasteiger partial charge in [-0.15, -0.1) is 0 Å². The fourth-order valence-corrected chi connectivity index (χ4v) is 4.01. The molecule has 1 amide bonds. The number of anilines is 1. The van der Waals surface area contributed by atoms with Crippen molar-refractivity contribution in [2.75, 3.05) is 5.32 Å². The largest absolute Gasteiger partial charge is 0.326 e. The third-order valence-electron chi connectivity index (χ3n) is 5.78. The van der Waals surface area contributed by atoms with E-state index in [9.17, 15) is 9.59 Å². The van der Waals surface area contributed by atoms with E-state index in [0.717, 1.165) is 38.7 Å². The number of aromatic nitrogens is 2. The summed E-state index contributed by atoms with van der Waals surface area (Å²) in [6.45, 7) is 2.23. The quantitative estimate of drug-likeness (QED) is 0.395. The minimum absolute atomic E-state index is 0.144. The Morgan fingerprint density at radius 2 is 1.55 bits per heavy atom. The Labute approximate surface area is 191 Å². The average Bonchev–Trinajstić information content (AvgIpc) is 2.84. The third kappa shape index (κ3) is 4.26. The predicted molar refractivity (Wildman–Crippen MR) is 133 cm³/mol. The van der Waals surface area contributed by atoms with Crippen molar-refractivity contribution >= 4 is 33.1 Å². The second kappa shape index (κ2) is 8.71. The molecule has 162 valence electrons. The molecule has 0 atom stereocenters. The maximum atomic E-state index is 13.1. The van der Waals surface area contributed by atoms with Gasteiger partial charge in [0.15, 0.2) is 0 Å². The zero-order chi connectivity index (χ0) is 22.8. The van der Waals surface area contributed by atoms with Crippen LogP contribution in [-0.4, -0.2) is 15.7 Å². The van der Waals surface area contributed by atoms with E-state index in [0.29, 0.717) is 5.39 Å². The molecule has 5 aromatic rings. The summed E-state index contributed by atoms with van der Waals surface area (Å²) in [5.74, 6) is -0.163. The molecule has 5 heteroatoms. The van der Waals surface area contributed by atoms with Crippen molar-refractivity contribution in [3.8, 4) is 11.3 Å². The maximum Gasteiger partial charge on any atom is 0.274 e. The van der Waals surface area contributed by atoms with Crippen LogP contribution in [0.3, 0.4) is 0 Å². The summed E-state index contributed by atoms with van der Waals surface area (Å²) in [4.78, 5) is 25.7. The van der Waals surface area contributed by atoms with Crippen LogP contribution in [0.25, 0.3) is 32.8 Å². The van der Waals surface area contributed by atoms with Gasteiger partial charge in [0.1, 0.15) is 0 Å². The Morgan fingerprint density at radius 1 is 0.848 bits per heavy atom. The summed E-state index contributed by atoms with van der Waals surface area (Å²) >= 11 is 0. The first-order valence-electron chi connectivity index (χ1n) is 10.9. The lowest BCUT2D eigenvalue weighted by Gasteiger charge is -2.12. The number of carbonyl (C=O) groups excluding carboxylic acids is 1. The van der Waals surface area contributed by atoms with Gasteiger partial charge in [-0.25, -0.2) is 4.68 Å². The molecule has 1 N–H and O–H groups in total. The minimum Gasteiger partial charge on any atom is -0.326 e. The van der Waals surface area contributed by atoms with Crippen molar-refractivity contribution in [1.82, 2.24) is 9.78 Å². The summed E-state index contributed by atoms with van der Waals surface area (Å²) in [6.07, 6.45) is 0.144. The van der Waals surface area contributed by atoms with Crippen LogP contribution < -0.4 is 10.9 Å². The summed E-state index contributed by atoms with van der Waals surface area (Å²) in [7, 11) is 0. The van der Waals surface area contributed by atoms with Crippen molar-refractivity contribution in [2.24, 2.45) is 0 Å². The van der Waals surface area contributed by atoms with Gasteiger partial charge in [0, 0.05) is 23.1 Å². The monoisotopic (exact) mass is 433 g/mol. The standard InChI is InChI=1S/C28H23N3O2/c1-19-10-12-21(13-11-19)27-24-8-4-5-9-25(24)28(33)31(30-27)17-16-26(32)29-23-15-14-20-6-2-3-7-22(20)18-23/h2-15,18H,16-17H2,1H3,(H,29,32). The van der Waals surface area contributed by atoms with Crippen LogP contribution >= 0.6 is 0 Å². The normalized spacial score (nSPS) is 11.1. The highest BCUT2D eigenvalue weighted by atomic mass is 16.2. The number of amides is 1. The van der Waals surface area contributed by atoms with E-state index < -0.39 is 0 Å². The molecule has 0 spiro atoms. The number of benzene rings is 4. The van der Waals surface area contributed by atoms with Gasteiger partial charge in [0.25, 0.3) is 5.56 Å². The van der Waals surface area contributed by atoms with Crippen LogP contribution in [0.4, 0.5) is 5.69 Å². The van der Waals surface area contributed by atoms with Crippen LogP contribution in [-0.2, 0) is 11.3 Å². The van der Waals surface area contributed by atoms with Gasteiger partial charge in [-0.1, -0.05) is 78.4 Å². The first-order chi connectivity index (χ1) is 16.1. The van der Waals surface area contributed by atoms with E-state index in [1.54, 1.807) is 0 Å². The van der Waals surface area contributed by atoms with Crippen LogP contribution in [0.2, 0.25) is 0 Å². The van der Waals surface area contributed by atoms with Crippen LogP contribution in [0.15, 0.2) is 95.8 Å². The molecule has 0 saturated heterocycles. The zero-order valence-corrected chi connectivity index (χ0v) is 18.3. The van der Waals surface area contributed by atoms with Gasteiger partial charge in [-0.3, -0.25) is 9.59 Å².